The minimum Gasteiger partial charge on any atom is -0.354 e. The molecule has 12 heteroatoms. The molecule has 0 heterocycles. The maximum absolute atomic E-state index is 13.6. The van der Waals surface area contributed by atoms with Gasteiger partial charge in [0, 0.05) is 23.1 Å². The number of carbonyl (C=O) groups excluding carboxylic acids is 2. The molecule has 0 aromatic heterocycles. The number of carbonyl (C=O) groups is 2. The van der Waals surface area contributed by atoms with Gasteiger partial charge in [0.1, 0.15) is 12.6 Å². The second kappa shape index (κ2) is 13.7. The van der Waals surface area contributed by atoms with Crippen molar-refractivity contribution in [2.45, 2.75) is 45.7 Å². The van der Waals surface area contributed by atoms with E-state index in [0.717, 1.165) is 23.4 Å². The van der Waals surface area contributed by atoms with Crippen LogP contribution in [0.25, 0.3) is 0 Å². The summed E-state index contributed by atoms with van der Waals surface area (Å²) in [4.78, 5) is 28.0. The smallest absolute Gasteiger partial charge is 0.244 e. The highest BCUT2D eigenvalue weighted by Crippen LogP contribution is 2.28. The first kappa shape index (κ1) is 30.5. The number of halogens is 4. The third kappa shape index (κ3) is 8.70. The summed E-state index contributed by atoms with van der Waals surface area (Å²) in [6.45, 7) is 3.71. The molecule has 0 fully saturated rings. The Morgan fingerprint density at radius 2 is 1.61 bits per heavy atom. The van der Waals surface area contributed by atoms with Gasteiger partial charge < -0.3 is 10.2 Å². The summed E-state index contributed by atoms with van der Waals surface area (Å²) in [7, 11) is -3.91. The molecule has 0 radical (unpaired) electrons. The van der Waals surface area contributed by atoms with Gasteiger partial charge in [-0.05, 0) is 48.7 Å². The van der Waals surface area contributed by atoms with Crippen LogP contribution in [0.4, 0.5) is 5.69 Å². The van der Waals surface area contributed by atoms with E-state index in [2.05, 4.69) is 5.32 Å². The molecule has 2 amide bonds. The standard InChI is InChI=1S/C24H29Cl4N3O4S/c1-4-6-9-29-24(33)22(5-2)30(14-16-7-8-20(27)21(28)10-16)23(32)15-31(36(3,34)35)19-12-17(25)11-18(26)13-19/h7-8,10-13,22H,4-6,9,14-15H2,1-3H3,(H,29,33)/t22-/m0/s1. The largest absolute Gasteiger partial charge is 0.354 e. The molecular formula is C24H29Cl4N3O4S. The molecule has 198 valence electrons. The van der Waals surface area contributed by atoms with Gasteiger partial charge in [-0.1, -0.05) is 72.7 Å². The van der Waals surface area contributed by atoms with Gasteiger partial charge in [0.25, 0.3) is 0 Å². The van der Waals surface area contributed by atoms with E-state index in [-0.39, 0.29) is 28.2 Å². The van der Waals surface area contributed by atoms with E-state index >= 15 is 0 Å². The quantitative estimate of drug-likeness (QED) is 0.314. The fraction of sp³-hybridized carbons (Fsp3) is 0.417. The van der Waals surface area contributed by atoms with E-state index in [1.807, 2.05) is 6.92 Å². The van der Waals surface area contributed by atoms with Crippen molar-refractivity contribution >= 4 is 73.9 Å². The van der Waals surface area contributed by atoms with Crippen LogP contribution in [-0.4, -0.2) is 50.5 Å². The van der Waals surface area contributed by atoms with Gasteiger partial charge in [-0.15, -0.1) is 0 Å². The maximum Gasteiger partial charge on any atom is 0.244 e. The van der Waals surface area contributed by atoms with Crippen molar-refractivity contribution in [2.75, 3.05) is 23.7 Å². The predicted octanol–water partition coefficient (Wildman–Crippen LogP) is 5.79. The van der Waals surface area contributed by atoms with E-state index in [9.17, 15) is 18.0 Å². The lowest BCUT2D eigenvalue weighted by Crippen LogP contribution is -2.52. The summed E-state index contributed by atoms with van der Waals surface area (Å²) < 4.78 is 26.2. The van der Waals surface area contributed by atoms with Crippen molar-refractivity contribution in [1.29, 1.82) is 0 Å². The number of nitrogens with zero attached hydrogens (tertiary/aromatic N) is 2. The first-order valence-corrected chi connectivity index (χ1v) is 14.7. The molecule has 0 saturated heterocycles. The van der Waals surface area contributed by atoms with Crippen LogP contribution in [0, 0.1) is 0 Å². The van der Waals surface area contributed by atoms with Gasteiger partial charge >= 0.3 is 0 Å². The first-order valence-electron chi connectivity index (χ1n) is 11.3. The third-order valence-corrected chi connectivity index (χ3v) is 7.68. The normalized spacial score (nSPS) is 12.2. The average Bonchev–Trinajstić information content (AvgIpc) is 2.78. The Hall–Kier alpha value is -1.71. The van der Waals surface area contributed by atoms with Gasteiger partial charge in [0.2, 0.25) is 21.8 Å². The van der Waals surface area contributed by atoms with Gasteiger partial charge in [0.05, 0.1) is 22.0 Å². The van der Waals surface area contributed by atoms with Crippen molar-refractivity contribution in [3.63, 3.8) is 0 Å². The molecule has 2 aromatic carbocycles. The number of hydrogen-bond acceptors (Lipinski definition) is 4. The van der Waals surface area contributed by atoms with Crippen LogP contribution in [0.2, 0.25) is 20.1 Å². The number of hydrogen-bond donors (Lipinski definition) is 1. The molecule has 1 atom stereocenters. The van der Waals surface area contributed by atoms with Crippen LogP contribution >= 0.6 is 46.4 Å². The molecule has 0 aliphatic heterocycles. The first-order chi connectivity index (χ1) is 16.9. The van der Waals surface area contributed by atoms with E-state index < -0.39 is 28.5 Å². The highest BCUT2D eigenvalue weighted by molar-refractivity contribution is 7.92. The molecule has 0 bridgehead atoms. The lowest BCUT2D eigenvalue weighted by atomic mass is 10.1. The van der Waals surface area contributed by atoms with Crippen molar-refractivity contribution in [3.05, 3.63) is 62.1 Å². The molecule has 36 heavy (non-hydrogen) atoms. The van der Waals surface area contributed by atoms with Crippen molar-refractivity contribution in [1.82, 2.24) is 10.2 Å². The van der Waals surface area contributed by atoms with Crippen molar-refractivity contribution in [2.24, 2.45) is 0 Å². The molecule has 2 rings (SSSR count). The molecular weight excluding hydrogens is 568 g/mol. The topological polar surface area (TPSA) is 86.8 Å². The highest BCUT2D eigenvalue weighted by atomic mass is 35.5. The molecule has 1 N–H and O–H groups in total. The SMILES string of the molecule is CCCCNC(=O)[C@H](CC)N(Cc1ccc(Cl)c(Cl)c1)C(=O)CN(c1cc(Cl)cc(Cl)c1)S(C)(=O)=O. The maximum atomic E-state index is 13.6. The molecule has 0 aliphatic carbocycles. The minimum atomic E-state index is -3.91. The Bertz CT molecular complexity index is 1170. The molecule has 2 aromatic rings. The fourth-order valence-electron chi connectivity index (χ4n) is 3.56. The number of benzene rings is 2. The number of nitrogens with one attached hydrogen (secondary N) is 1. The summed E-state index contributed by atoms with van der Waals surface area (Å²) in [6.07, 6.45) is 2.98. The van der Waals surface area contributed by atoms with E-state index in [1.165, 1.54) is 23.1 Å². The van der Waals surface area contributed by atoms with Crippen LogP contribution in [0.15, 0.2) is 36.4 Å². The zero-order chi connectivity index (χ0) is 27.0. The Morgan fingerprint density at radius 3 is 2.14 bits per heavy atom. The zero-order valence-electron chi connectivity index (χ0n) is 20.2. The van der Waals surface area contributed by atoms with E-state index in [0.29, 0.717) is 28.6 Å². The van der Waals surface area contributed by atoms with E-state index in [1.54, 1.807) is 25.1 Å². The van der Waals surface area contributed by atoms with Crippen LogP contribution in [0.5, 0.6) is 0 Å². The Morgan fingerprint density at radius 1 is 0.972 bits per heavy atom. The van der Waals surface area contributed by atoms with Gasteiger partial charge in [-0.2, -0.15) is 0 Å². The minimum absolute atomic E-state index is 0.0172. The average molecular weight is 597 g/mol. The second-order valence-corrected chi connectivity index (χ2v) is 11.8. The van der Waals surface area contributed by atoms with Gasteiger partial charge in [-0.3, -0.25) is 13.9 Å². The van der Waals surface area contributed by atoms with E-state index in [4.69, 9.17) is 46.4 Å². The Labute approximate surface area is 232 Å². The molecule has 0 unspecified atom stereocenters. The summed E-state index contributed by atoms with van der Waals surface area (Å²) in [6, 6.07) is 8.33. The summed E-state index contributed by atoms with van der Waals surface area (Å²) in [5.74, 6) is -0.906. The number of unbranched alkanes of at least 4 members (excludes halogenated alkanes) is 1. The Kier molecular flexibility index (Phi) is 11.6. The number of amides is 2. The summed E-state index contributed by atoms with van der Waals surface area (Å²) in [5, 5.41) is 3.94. The summed E-state index contributed by atoms with van der Waals surface area (Å²) in [5.41, 5.74) is 0.771. The van der Waals surface area contributed by atoms with Crippen LogP contribution in [0.3, 0.4) is 0 Å². The summed E-state index contributed by atoms with van der Waals surface area (Å²) >= 11 is 24.3. The molecule has 0 saturated carbocycles. The number of rotatable bonds is 12. The zero-order valence-corrected chi connectivity index (χ0v) is 24.1. The van der Waals surface area contributed by atoms with Crippen LogP contribution in [-0.2, 0) is 26.2 Å². The van der Waals surface area contributed by atoms with Crippen molar-refractivity contribution < 1.29 is 18.0 Å². The van der Waals surface area contributed by atoms with Crippen molar-refractivity contribution in [3.8, 4) is 0 Å². The lowest BCUT2D eigenvalue weighted by molar-refractivity contribution is -0.140. The highest BCUT2D eigenvalue weighted by Gasteiger charge is 2.32. The van der Waals surface area contributed by atoms with Crippen LogP contribution in [0.1, 0.15) is 38.7 Å². The molecule has 7 nitrogen and oxygen atoms in total. The molecule has 0 spiro atoms. The Balaban J connectivity index is 2.46. The third-order valence-electron chi connectivity index (χ3n) is 5.37. The fourth-order valence-corrected chi connectivity index (χ4v) is 5.23. The van der Waals surface area contributed by atoms with Gasteiger partial charge in [-0.25, -0.2) is 8.42 Å². The second-order valence-electron chi connectivity index (χ2n) is 8.24. The number of anilines is 1. The lowest BCUT2D eigenvalue weighted by Gasteiger charge is -2.33. The van der Waals surface area contributed by atoms with Gasteiger partial charge in [0.15, 0.2) is 0 Å². The predicted molar refractivity (Wildman–Crippen MR) is 148 cm³/mol. The number of sulfonamides is 1. The van der Waals surface area contributed by atoms with Crippen LogP contribution < -0.4 is 9.62 Å². The monoisotopic (exact) mass is 595 g/mol. The molecule has 0 aliphatic rings.